The van der Waals surface area contributed by atoms with Crippen molar-refractivity contribution < 1.29 is 43.0 Å². The number of hydrogen-bond donors (Lipinski definition) is 3. The van der Waals surface area contributed by atoms with Gasteiger partial charge in [0.05, 0.1) is 19.8 Å². The van der Waals surface area contributed by atoms with Gasteiger partial charge in [0.1, 0.15) is 0 Å². The minimum absolute atomic E-state index is 0.0398. The Morgan fingerprint density at radius 1 is 0.426 bits per heavy atom. The van der Waals surface area contributed by atoms with Gasteiger partial charge in [-0.05, 0) is 110 Å². The number of nitrogens with one attached hydrogen (secondary N) is 3. The van der Waals surface area contributed by atoms with Gasteiger partial charge in [-0.1, -0.05) is 36.4 Å². The first-order valence-corrected chi connectivity index (χ1v) is 17.0. The molecule has 0 aliphatic heterocycles. The maximum Gasteiger partial charge on any atom is 0.330 e. The molecule has 3 amide bonds. The smallest absolute Gasteiger partial charge is 0.330 e. The summed E-state index contributed by atoms with van der Waals surface area (Å²) in [5.41, 5.74) is 3.52. The number of rotatable bonds is 15. The number of esters is 3. The molecule has 54 heavy (non-hydrogen) atoms. The Labute approximate surface area is 312 Å². The van der Waals surface area contributed by atoms with Gasteiger partial charge in [0, 0.05) is 52.0 Å². The molecule has 0 aromatic heterocycles. The van der Waals surface area contributed by atoms with Crippen LogP contribution in [0.15, 0.2) is 109 Å². The third kappa shape index (κ3) is 12.6. The number of anilines is 3. The maximum absolute atomic E-state index is 13.5. The molecule has 12 heteroatoms. The lowest BCUT2D eigenvalue weighted by Crippen LogP contribution is -2.19. The lowest BCUT2D eigenvalue weighted by Gasteiger charge is -2.12. The Kier molecular flexibility index (Phi) is 14.8. The molecular formula is C42H39N3O9. The summed E-state index contributed by atoms with van der Waals surface area (Å²) >= 11 is 0. The first-order chi connectivity index (χ1) is 26.1. The van der Waals surface area contributed by atoms with E-state index in [0.717, 1.165) is 0 Å². The topological polar surface area (TPSA) is 166 Å². The summed E-state index contributed by atoms with van der Waals surface area (Å²) in [4.78, 5) is 75.4. The average molecular weight is 730 g/mol. The van der Waals surface area contributed by atoms with Crippen LogP contribution in [-0.4, -0.2) is 55.5 Å². The van der Waals surface area contributed by atoms with Gasteiger partial charge in [-0.25, -0.2) is 14.4 Å². The van der Waals surface area contributed by atoms with Gasteiger partial charge in [0.15, 0.2) is 0 Å². The summed E-state index contributed by atoms with van der Waals surface area (Å²) in [6.45, 7) is 5.92. The van der Waals surface area contributed by atoms with E-state index in [4.69, 9.17) is 14.2 Å². The maximum atomic E-state index is 13.5. The highest BCUT2D eigenvalue weighted by molar-refractivity contribution is 6.13. The van der Waals surface area contributed by atoms with E-state index in [1.807, 2.05) is 0 Å². The third-order valence-corrected chi connectivity index (χ3v) is 7.32. The summed E-state index contributed by atoms with van der Waals surface area (Å²) in [5.74, 6) is -3.16. The van der Waals surface area contributed by atoms with Gasteiger partial charge in [-0.3, -0.25) is 14.4 Å². The highest BCUT2D eigenvalue weighted by Crippen LogP contribution is 2.20. The van der Waals surface area contributed by atoms with Gasteiger partial charge >= 0.3 is 17.9 Å². The second kappa shape index (κ2) is 20.1. The van der Waals surface area contributed by atoms with Crippen LogP contribution in [0.2, 0.25) is 0 Å². The standard InChI is InChI=1S/C42H39N3O9/c1-4-52-37(46)22-13-28-7-16-34(17-8-28)43-40(49)31-25-32(41(50)44-35-18-9-29(10-19-35)14-23-38(47)53-5-2)27-33(26-31)42(51)45-36-20-11-30(12-21-36)15-24-39(48)54-6-3/h7-27H,4-6H2,1-3H3,(H,43,49)(H,44,50)(H,45,51)/b22-13+,23-14+,24-15+. The van der Waals surface area contributed by atoms with Crippen molar-refractivity contribution >= 4 is 70.9 Å². The van der Waals surface area contributed by atoms with E-state index >= 15 is 0 Å². The van der Waals surface area contributed by atoms with Gasteiger partial charge < -0.3 is 30.2 Å². The zero-order valence-electron chi connectivity index (χ0n) is 29.9. The fourth-order valence-corrected chi connectivity index (χ4v) is 4.73. The van der Waals surface area contributed by atoms with E-state index in [1.54, 1.807) is 112 Å². The number of carbonyl (C=O) groups is 6. The summed E-state index contributed by atoms with van der Waals surface area (Å²) in [6.07, 6.45) is 8.65. The van der Waals surface area contributed by atoms with E-state index in [0.29, 0.717) is 33.8 Å². The molecule has 3 N–H and O–H groups in total. The monoisotopic (exact) mass is 729 g/mol. The van der Waals surface area contributed by atoms with Crippen LogP contribution in [0.5, 0.6) is 0 Å². The Balaban J connectivity index is 1.55. The quantitative estimate of drug-likeness (QED) is 0.0653. The van der Waals surface area contributed by atoms with Gasteiger partial charge in [-0.2, -0.15) is 0 Å². The highest BCUT2D eigenvalue weighted by atomic mass is 16.5. The predicted molar refractivity (Wildman–Crippen MR) is 207 cm³/mol. The SMILES string of the molecule is CCOC(=O)/C=C/c1ccc(NC(=O)c2cc(C(=O)Nc3ccc(/C=C/C(=O)OCC)cc3)cc(C(=O)Nc3ccc(/C=C/C(=O)OCC)cc3)c2)cc1. The molecule has 4 rings (SSSR count). The third-order valence-electron chi connectivity index (χ3n) is 7.32. The first kappa shape index (κ1) is 39.7. The minimum Gasteiger partial charge on any atom is -0.463 e. The van der Waals surface area contributed by atoms with Crippen LogP contribution in [0.25, 0.3) is 18.2 Å². The van der Waals surface area contributed by atoms with Crippen molar-refractivity contribution in [3.8, 4) is 0 Å². The molecule has 0 radical (unpaired) electrons. The Morgan fingerprint density at radius 3 is 0.889 bits per heavy atom. The Morgan fingerprint density at radius 2 is 0.667 bits per heavy atom. The molecule has 4 aromatic rings. The summed E-state index contributed by atoms with van der Waals surface area (Å²) < 4.78 is 14.7. The number of benzene rings is 4. The average Bonchev–Trinajstić information content (AvgIpc) is 3.17. The van der Waals surface area contributed by atoms with E-state index < -0.39 is 35.6 Å². The lowest BCUT2D eigenvalue weighted by atomic mass is 10.0. The van der Waals surface area contributed by atoms with Crippen molar-refractivity contribution in [1.82, 2.24) is 0 Å². The highest BCUT2D eigenvalue weighted by Gasteiger charge is 2.18. The van der Waals surface area contributed by atoms with Crippen LogP contribution >= 0.6 is 0 Å². The molecule has 0 aliphatic rings. The van der Waals surface area contributed by atoms with Crippen LogP contribution in [-0.2, 0) is 28.6 Å². The van der Waals surface area contributed by atoms with Crippen LogP contribution in [0, 0.1) is 0 Å². The number of ether oxygens (including phenoxy) is 3. The fraction of sp³-hybridized carbons (Fsp3) is 0.143. The molecular weight excluding hydrogens is 690 g/mol. The zero-order valence-corrected chi connectivity index (χ0v) is 29.9. The Bertz CT molecular complexity index is 1820. The van der Waals surface area contributed by atoms with Crippen molar-refractivity contribution in [3.63, 3.8) is 0 Å². The molecule has 0 atom stereocenters. The van der Waals surface area contributed by atoms with Gasteiger partial charge in [0.2, 0.25) is 0 Å². The minimum atomic E-state index is -0.580. The van der Waals surface area contributed by atoms with Crippen LogP contribution in [0.4, 0.5) is 17.1 Å². The first-order valence-electron chi connectivity index (χ1n) is 17.0. The largest absolute Gasteiger partial charge is 0.463 e. The molecule has 0 heterocycles. The predicted octanol–water partition coefficient (Wildman–Crippen LogP) is 7.17. The zero-order chi connectivity index (χ0) is 38.9. The number of carbonyl (C=O) groups excluding carboxylic acids is 6. The van der Waals surface area contributed by atoms with Crippen molar-refractivity contribution in [2.45, 2.75) is 20.8 Å². The summed E-state index contributed by atoms with van der Waals surface area (Å²) in [5, 5.41) is 8.32. The molecule has 12 nitrogen and oxygen atoms in total. The van der Waals surface area contributed by atoms with E-state index in [1.165, 1.54) is 36.4 Å². The second-order valence-electron chi connectivity index (χ2n) is 11.3. The molecule has 0 saturated carbocycles. The van der Waals surface area contributed by atoms with Crippen molar-refractivity contribution in [2.75, 3.05) is 35.8 Å². The molecule has 276 valence electrons. The lowest BCUT2D eigenvalue weighted by molar-refractivity contribution is -0.138. The molecule has 0 bridgehead atoms. The van der Waals surface area contributed by atoms with Gasteiger partial charge in [0.25, 0.3) is 17.7 Å². The molecule has 4 aromatic carbocycles. The van der Waals surface area contributed by atoms with Gasteiger partial charge in [-0.15, -0.1) is 0 Å². The number of hydrogen-bond acceptors (Lipinski definition) is 9. The molecule has 0 aliphatic carbocycles. The number of amides is 3. The molecule has 0 spiro atoms. The normalized spacial score (nSPS) is 10.9. The summed E-state index contributed by atoms with van der Waals surface area (Å²) in [7, 11) is 0. The van der Waals surface area contributed by atoms with Crippen molar-refractivity contribution in [1.29, 1.82) is 0 Å². The molecule has 0 saturated heterocycles. The molecule has 0 fully saturated rings. The van der Waals surface area contributed by atoms with Crippen molar-refractivity contribution in [2.24, 2.45) is 0 Å². The summed E-state index contributed by atoms with van der Waals surface area (Å²) in [6, 6.07) is 24.2. The van der Waals surface area contributed by atoms with E-state index in [-0.39, 0.29) is 36.5 Å². The van der Waals surface area contributed by atoms with Crippen LogP contribution in [0.3, 0.4) is 0 Å². The Hall–Kier alpha value is -7.08. The second-order valence-corrected chi connectivity index (χ2v) is 11.3. The van der Waals surface area contributed by atoms with E-state index in [2.05, 4.69) is 16.0 Å². The fourth-order valence-electron chi connectivity index (χ4n) is 4.73. The van der Waals surface area contributed by atoms with Crippen molar-refractivity contribution in [3.05, 3.63) is 143 Å². The molecule has 0 unspecified atom stereocenters. The van der Waals surface area contributed by atoms with Crippen LogP contribution < -0.4 is 16.0 Å². The van der Waals surface area contributed by atoms with E-state index in [9.17, 15) is 28.8 Å². The van der Waals surface area contributed by atoms with Crippen LogP contribution in [0.1, 0.15) is 68.5 Å².